The third kappa shape index (κ3) is 3.87. The van der Waals surface area contributed by atoms with Crippen LogP contribution in [0.4, 0.5) is 4.79 Å². The number of hydrogen-bond donors (Lipinski definition) is 3. The summed E-state index contributed by atoms with van der Waals surface area (Å²) in [4.78, 5) is 35.5. The largest absolute Gasteiger partial charge is 0.480 e. The second-order valence-corrected chi connectivity index (χ2v) is 8.01. The van der Waals surface area contributed by atoms with Crippen LogP contribution < -0.4 is 10.6 Å². The van der Waals surface area contributed by atoms with Crippen LogP contribution in [0.2, 0.25) is 0 Å². The minimum absolute atomic E-state index is 0.0147. The third-order valence-electron chi connectivity index (χ3n) is 5.74. The highest BCUT2D eigenvalue weighted by atomic mass is 16.5. The molecule has 4 rings (SSSR count). The molecule has 3 N–H and O–H groups in total. The molecule has 0 spiro atoms. The third-order valence-corrected chi connectivity index (χ3v) is 5.74. The Morgan fingerprint density at radius 1 is 1.07 bits per heavy atom. The number of benzene rings is 2. The molecule has 30 heavy (non-hydrogen) atoms. The molecule has 7 heteroatoms. The Bertz CT molecular complexity index is 953. The van der Waals surface area contributed by atoms with Crippen LogP contribution in [0.25, 0.3) is 11.1 Å². The molecule has 1 saturated carbocycles. The Balaban J connectivity index is 1.31. The molecule has 0 bridgehead atoms. The average Bonchev–Trinajstić information content (AvgIpc) is 3.42. The number of ether oxygens (including phenoxy) is 1. The molecular weight excluding hydrogens is 384 g/mol. The number of rotatable bonds is 7. The predicted molar refractivity (Wildman–Crippen MR) is 110 cm³/mol. The summed E-state index contributed by atoms with van der Waals surface area (Å²) in [7, 11) is 0. The zero-order chi connectivity index (χ0) is 21.3. The molecule has 0 unspecified atom stereocenters. The molecule has 0 aromatic heterocycles. The molecule has 0 heterocycles. The van der Waals surface area contributed by atoms with Crippen LogP contribution in [0.1, 0.15) is 43.2 Å². The second kappa shape index (κ2) is 7.82. The van der Waals surface area contributed by atoms with Gasteiger partial charge < -0.3 is 20.5 Å². The van der Waals surface area contributed by atoms with Gasteiger partial charge in [-0.3, -0.25) is 4.79 Å². The zero-order valence-corrected chi connectivity index (χ0v) is 16.7. The van der Waals surface area contributed by atoms with Gasteiger partial charge in [-0.15, -0.1) is 0 Å². The summed E-state index contributed by atoms with van der Waals surface area (Å²) >= 11 is 0. The van der Waals surface area contributed by atoms with Crippen LogP contribution >= 0.6 is 0 Å². The van der Waals surface area contributed by atoms with E-state index in [0.29, 0.717) is 12.8 Å². The SMILES string of the molecule is C[C@@H](CC(=O)NC1(C(=O)O)CC1)NC(=O)OCC1c2ccccc2-c2ccccc21. The molecule has 0 aliphatic heterocycles. The summed E-state index contributed by atoms with van der Waals surface area (Å²) in [6.07, 6.45) is 0.251. The van der Waals surface area contributed by atoms with Gasteiger partial charge in [0.2, 0.25) is 5.91 Å². The smallest absolute Gasteiger partial charge is 0.407 e. The topological polar surface area (TPSA) is 105 Å². The van der Waals surface area contributed by atoms with E-state index in [1.165, 1.54) is 0 Å². The first-order valence-corrected chi connectivity index (χ1v) is 10.1. The number of hydrogen-bond acceptors (Lipinski definition) is 4. The number of carbonyl (C=O) groups is 3. The maximum atomic E-state index is 12.3. The minimum Gasteiger partial charge on any atom is -0.480 e. The number of nitrogens with one attached hydrogen (secondary N) is 2. The van der Waals surface area contributed by atoms with Gasteiger partial charge in [0.05, 0.1) is 0 Å². The number of aliphatic carboxylic acids is 1. The maximum Gasteiger partial charge on any atom is 0.407 e. The number of fused-ring (bicyclic) bond motifs is 3. The van der Waals surface area contributed by atoms with E-state index < -0.39 is 29.6 Å². The van der Waals surface area contributed by atoms with Gasteiger partial charge in [-0.2, -0.15) is 0 Å². The summed E-state index contributed by atoms with van der Waals surface area (Å²) < 4.78 is 5.47. The summed E-state index contributed by atoms with van der Waals surface area (Å²) in [6, 6.07) is 15.7. The lowest BCUT2D eigenvalue weighted by Crippen LogP contribution is -2.45. The van der Waals surface area contributed by atoms with Crippen molar-refractivity contribution in [2.45, 2.75) is 43.7 Å². The van der Waals surface area contributed by atoms with E-state index in [-0.39, 0.29) is 18.9 Å². The van der Waals surface area contributed by atoms with E-state index in [4.69, 9.17) is 9.84 Å². The molecule has 2 aliphatic carbocycles. The van der Waals surface area contributed by atoms with Crippen LogP contribution in [-0.4, -0.2) is 41.3 Å². The van der Waals surface area contributed by atoms with Crippen molar-refractivity contribution >= 4 is 18.0 Å². The summed E-state index contributed by atoms with van der Waals surface area (Å²) in [5.41, 5.74) is 3.43. The van der Waals surface area contributed by atoms with E-state index in [9.17, 15) is 14.4 Å². The normalized spacial score (nSPS) is 16.7. The zero-order valence-electron chi connectivity index (χ0n) is 16.7. The molecule has 2 aromatic carbocycles. The van der Waals surface area contributed by atoms with Crippen LogP contribution in [-0.2, 0) is 14.3 Å². The van der Waals surface area contributed by atoms with E-state index in [1.807, 2.05) is 36.4 Å². The molecule has 1 atom stereocenters. The molecule has 1 fully saturated rings. The van der Waals surface area contributed by atoms with E-state index in [1.54, 1.807) is 6.92 Å². The van der Waals surface area contributed by atoms with Crippen LogP contribution in [0.5, 0.6) is 0 Å². The monoisotopic (exact) mass is 408 g/mol. The van der Waals surface area contributed by atoms with Crippen LogP contribution in [0.3, 0.4) is 0 Å². The Hall–Kier alpha value is -3.35. The molecule has 0 saturated heterocycles. The van der Waals surface area contributed by atoms with Gasteiger partial charge in [-0.25, -0.2) is 9.59 Å². The molecule has 2 amide bonds. The first-order chi connectivity index (χ1) is 14.4. The van der Waals surface area contributed by atoms with Crippen LogP contribution in [0.15, 0.2) is 48.5 Å². The van der Waals surface area contributed by atoms with E-state index >= 15 is 0 Å². The van der Waals surface area contributed by atoms with Gasteiger partial charge in [0.15, 0.2) is 0 Å². The number of carboxylic acids is 1. The fourth-order valence-corrected chi connectivity index (χ4v) is 4.01. The lowest BCUT2D eigenvalue weighted by molar-refractivity contribution is -0.143. The van der Waals surface area contributed by atoms with Crippen molar-refractivity contribution in [2.75, 3.05) is 6.61 Å². The Kier molecular flexibility index (Phi) is 5.20. The quantitative estimate of drug-likeness (QED) is 0.653. The number of amides is 2. The van der Waals surface area contributed by atoms with Gasteiger partial charge in [0.1, 0.15) is 12.1 Å². The summed E-state index contributed by atoms with van der Waals surface area (Å²) in [5, 5.41) is 14.3. The first-order valence-electron chi connectivity index (χ1n) is 10.1. The maximum absolute atomic E-state index is 12.3. The Labute approximate surface area is 174 Å². The molecular formula is C23H24N2O5. The van der Waals surface area contributed by atoms with Gasteiger partial charge in [-0.05, 0) is 42.0 Å². The fourth-order valence-electron chi connectivity index (χ4n) is 4.01. The average molecular weight is 408 g/mol. The summed E-state index contributed by atoms with van der Waals surface area (Å²) in [5.74, 6) is -1.46. The van der Waals surface area contributed by atoms with Crippen molar-refractivity contribution in [3.05, 3.63) is 59.7 Å². The minimum atomic E-state index is -1.12. The molecule has 156 valence electrons. The number of carbonyl (C=O) groups excluding carboxylic acids is 2. The highest BCUT2D eigenvalue weighted by molar-refractivity contribution is 5.89. The summed E-state index contributed by atoms with van der Waals surface area (Å²) in [6.45, 7) is 1.88. The van der Waals surface area contributed by atoms with Crippen molar-refractivity contribution in [2.24, 2.45) is 0 Å². The lowest BCUT2D eigenvalue weighted by atomic mass is 9.98. The molecule has 7 nitrogen and oxygen atoms in total. The molecule has 2 aromatic rings. The van der Waals surface area contributed by atoms with E-state index in [0.717, 1.165) is 22.3 Å². The highest BCUT2D eigenvalue weighted by Gasteiger charge is 2.51. The number of alkyl carbamates (subject to hydrolysis) is 1. The highest BCUT2D eigenvalue weighted by Crippen LogP contribution is 2.44. The fraction of sp³-hybridized carbons (Fsp3) is 0.348. The predicted octanol–water partition coefficient (Wildman–Crippen LogP) is 3.04. The van der Waals surface area contributed by atoms with Crippen molar-refractivity contribution in [1.82, 2.24) is 10.6 Å². The Morgan fingerprint density at radius 2 is 1.63 bits per heavy atom. The standard InChI is InChI=1S/C23H24N2O5/c1-14(12-20(26)25-23(10-11-23)21(27)28)24-22(29)30-13-19-17-8-4-2-6-15(17)16-7-3-5-9-18(16)19/h2-9,14,19H,10-13H2,1H3,(H,24,29)(H,25,26)(H,27,28)/t14-/m0/s1. The van der Waals surface area contributed by atoms with Crippen LogP contribution in [0, 0.1) is 0 Å². The lowest BCUT2D eigenvalue weighted by Gasteiger charge is -2.18. The van der Waals surface area contributed by atoms with Gasteiger partial charge >= 0.3 is 12.1 Å². The van der Waals surface area contributed by atoms with Gasteiger partial charge in [-0.1, -0.05) is 48.5 Å². The van der Waals surface area contributed by atoms with Gasteiger partial charge in [0.25, 0.3) is 0 Å². The first kappa shape index (κ1) is 19.9. The van der Waals surface area contributed by atoms with Crippen molar-refractivity contribution in [3.8, 4) is 11.1 Å². The van der Waals surface area contributed by atoms with Crippen molar-refractivity contribution < 1.29 is 24.2 Å². The molecule has 0 radical (unpaired) electrons. The second-order valence-electron chi connectivity index (χ2n) is 8.01. The number of carboxylic acid groups (broad SMARTS) is 1. The Morgan fingerprint density at radius 3 is 2.17 bits per heavy atom. The van der Waals surface area contributed by atoms with Crippen molar-refractivity contribution in [3.63, 3.8) is 0 Å². The van der Waals surface area contributed by atoms with Crippen molar-refractivity contribution in [1.29, 1.82) is 0 Å². The molecule has 2 aliphatic rings. The van der Waals surface area contributed by atoms with E-state index in [2.05, 4.69) is 22.8 Å². The van der Waals surface area contributed by atoms with Gasteiger partial charge in [0, 0.05) is 18.4 Å².